The quantitative estimate of drug-likeness (QED) is 0.425. The second-order valence-corrected chi connectivity index (χ2v) is 20.7. The predicted octanol–water partition coefficient (Wildman–Crippen LogP) is 4.70. The maximum absolute atomic E-state index is 11.0. The average molecular weight is 454 g/mol. The first-order valence-corrected chi connectivity index (χ1v) is 17.5. The molecule has 25 heavy (non-hydrogen) atoms. The van der Waals surface area contributed by atoms with Crippen LogP contribution >= 0.6 is 0 Å². The molecule has 0 saturated carbocycles. The summed E-state index contributed by atoms with van der Waals surface area (Å²) >= 11 is -2.36. The van der Waals surface area contributed by atoms with Gasteiger partial charge in [0.25, 0.3) is 0 Å². The minimum absolute atomic E-state index is 0.414. The van der Waals surface area contributed by atoms with E-state index in [0.717, 1.165) is 5.56 Å². The van der Waals surface area contributed by atoms with Crippen LogP contribution in [-0.4, -0.2) is 35.5 Å². The van der Waals surface area contributed by atoms with Crippen LogP contribution in [0.1, 0.15) is 64.9 Å². The number of rotatable bonds is 13. The first-order chi connectivity index (χ1) is 12.0. The van der Waals surface area contributed by atoms with Crippen molar-refractivity contribution < 1.29 is 9.90 Å². The van der Waals surface area contributed by atoms with Gasteiger partial charge in [-0.05, 0) is 0 Å². The van der Waals surface area contributed by atoms with Crippen molar-refractivity contribution in [3.63, 3.8) is 0 Å². The maximum atomic E-state index is 11.0. The molecule has 0 spiro atoms. The Hall–Kier alpha value is -0.551. The fraction of sp³-hybridized carbons (Fsp3) is 0.667. The summed E-state index contributed by atoms with van der Waals surface area (Å²) in [4.78, 5) is 11.0. The first kappa shape index (κ1) is 22.5. The first-order valence-electron chi connectivity index (χ1n) is 10.1. The Morgan fingerprint density at radius 2 is 1.40 bits per heavy atom. The van der Waals surface area contributed by atoms with Gasteiger partial charge in [0.1, 0.15) is 0 Å². The molecule has 1 rings (SSSR count). The van der Waals surface area contributed by atoms with Crippen molar-refractivity contribution in [1.29, 1.82) is 0 Å². The molecule has 0 unspecified atom stereocenters. The van der Waals surface area contributed by atoms with Crippen LogP contribution in [0.2, 0.25) is 13.3 Å². The molecule has 0 aromatic heterocycles. The minimum atomic E-state index is -2.36. The fourth-order valence-electron chi connectivity index (χ4n) is 3.69. The molecule has 0 amide bonds. The second kappa shape index (κ2) is 11.9. The van der Waals surface area contributed by atoms with E-state index in [1.807, 2.05) is 0 Å². The summed E-state index contributed by atoms with van der Waals surface area (Å²) in [5.41, 5.74) is 6.73. The summed E-state index contributed by atoms with van der Waals surface area (Å²) in [6.45, 7) is 6.89. The van der Waals surface area contributed by atoms with E-state index in [0.29, 0.717) is 6.42 Å². The summed E-state index contributed by atoms with van der Waals surface area (Å²) in [6, 6.07) is 8.10. The molecule has 0 aliphatic carbocycles. The van der Waals surface area contributed by atoms with Crippen LogP contribution in [0.15, 0.2) is 24.3 Å². The van der Waals surface area contributed by atoms with Crippen LogP contribution in [0.3, 0.4) is 0 Å². The fourth-order valence-corrected chi connectivity index (χ4v) is 19.6. The van der Waals surface area contributed by atoms with Gasteiger partial charge in [-0.2, -0.15) is 0 Å². The number of hydrogen-bond acceptors (Lipinski definition) is 2. The molecule has 1 atom stereocenters. The van der Waals surface area contributed by atoms with E-state index < -0.39 is 30.4 Å². The van der Waals surface area contributed by atoms with Crippen LogP contribution in [-0.2, 0) is 11.2 Å². The van der Waals surface area contributed by atoms with Crippen LogP contribution in [0.4, 0.5) is 0 Å². The molecule has 1 aromatic carbocycles. The van der Waals surface area contributed by atoms with Crippen molar-refractivity contribution >= 4 is 27.9 Å². The molecule has 4 heteroatoms. The van der Waals surface area contributed by atoms with Gasteiger partial charge in [0.2, 0.25) is 0 Å². The van der Waals surface area contributed by atoms with Gasteiger partial charge in [0, 0.05) is 0 Å². The van der Waals surface area contributed by atoms with Gasteiger partial charge in [-0.15, -0.1) is 0 Å². The van der Waals surface area contributed by atoms with E-state index in [9.17, 15) is 4.79 Å². The van der Waals surface area contributed by atoms with E-state index in [2.05, 4.69) is 45.0 Å². The van der Waals surface area contributed by atoms with E-state index in [1.54, 1.807) is 3.58 Å². The SMILES string of the molecule is CCC[CH2][Sn]([CH2]CCC)([CH2]CCC)[c]1ccc(C[C@H](N)C(=O)O)cc1. The predicted molar refractivity (Wildman–Crippen MR) is 110 cm³/mol. The van der Waals surface area contributed by atoms with Gasteiger partial charge in [-0.25, -0.2) is 0 Å². The molecule has 3 nitrogen and oxygen atoms in total. The second-order valence-electron chi connectivity index (χ2n) is 7.44. The van der Waals surface area contributed by atoms with Gasteiger partial charge < -0.3 is 0 Å². The molecule has 1 aromatic rings. The Bertz CT molecular complexity index is 479. The summed E-state index contributed by atoms with van der Waals surface area (Å²) in [6.07, 6.45) is 8.32. The molecule has 142 valence electrons. The number of aliphatic carboxylic acids is 1. The van der Waals surface area contributed by atoms with Crippen molar-refractivity contribution in [1.82, 2.24) is 0 Å². The Morgan fingerprint density at radius 1 is 0.960 bits per heavy atom. The normalized spacial score (nSPS) is 13.0. The Balaban J connectivity index is 3.03. The topological polar surface area (TPSA) is 63.3 Å². The van der Waals surface area contributed by atoms with E-state index in [1.165, 1.54) is 51.8 Å². The third kappa shape index (κ3) is 7.30. The van der Waals surface area contributed by atoms with Gasteiger partial charge >= 0.3 is 158 Å². The zero-order chi connectivity index (χ0) is 18.7. The summed E-state index contributed by atoms with van der Waals surface area (Å²) in [5, 5.41) is 9.00. The van der Waals surface area contributed by atoms with Gasteiger partial charge in [0.05, 0.1) is 0 Å². The number of carbonyl (C=O) groups is 1. The zero-order valence-corrected chi connectivity index (χ0v) is 19.2. The molecule has 0 saturated heterocycles. The van der Waals surface area contributed by atoms with E-state index >= 15 is 0 Å². The Morgan fingerprint density at radius 3 is 1.76 bits per heavy atom. The molecule has 0 radical (unpaired) electrons. The molecule has 0 bridgehead atoms. The number of hydrogen-bond donors (Lipinski definition) is 2. The van der Waals surface area contributed by atoms with Crippen molar-refractivity contribution in [2.45, 2.75) is 85.1 Å². The standard InChI is InChI=1S/C9H10NO2.3C4H9.Sn/c10-8(9(11)12)6-7-4-2-1-3-5-7;3*1-3-4-2;/h2-5,8H,6,10H2,(H,11,12);3*1,3-4H2,2H3;/t8-;;;;/m0..../s1. The average Bonchev–Trinajstić information content (AvgIpc) is 2.62. The molecule has 0 aliphatic heterocycles. The zero-order valence-electron chi connectivity index (χ0n) is 16.4. The van der Waals surface area contributed by atoms with Crippen LogP contribution in [0, 0.1) is 0 Å². The van der Waals surface area contributed by atoms with Gasteiger partial charge in [-0.3, -0.25) is 0 Å². The van der Waals surface area contributed by atoms with Crippen LogP contribution < -0.4 is 9.31 Å². The van der Waals surface area contributed by atoms with Crippen molar-refractivity contribution in [3.8, 4) is 0 Å². The number of carboxylic acids is 1. The van der Waals surface area contributed by atoms with Crippen molar-refractivity contribution in [3.05, 3.63) is 29.8 Å². The number of carboxylic acid groups (broad SMARTS) is 1. The van der Waals surface area contributed by atoms with Gasteiger partial charge in [0.15, 0.2) is 0 Å². The number of benzene rings is 1. The third-order valence-corrected chi connectivity index (χ3v) is 21.0. The number of unbranched alkanes of at least 4 members (excludes halogenated alkanes) is 3. The molecule has 0 aliphatic rings. The summed E-state index contributed by atoms with van der Waals surface area (Å²) in [5.74, 6) is -0.925. The molecule has 3 N–H and O–H groups in total. The molecule has 0 fully saturated rings. The molecule has 0 heterocycles. The van der Waals surface area contributed by atoms with Crippen LogP contribution in [0.5, 0.6) is 0 Å². The van der Waals surface area contributed by atoms with Gasteiger partial charge in [-0.1, -0.05) is 0 Å². The van der Waals surface area contributed by atoms with Crippen molar-refractivity contribution in [2.24, 2.45) is 5.73 Å². The molecular weight excluding hydrogens is 417 g/mol. The van der Waals surface area contributed by atoms with E-state index in [-0.39, 0.29) is 0 Å². The van der Waals surface area contributed by atoms with Crippen molar-refractivity contribution in [2.75, 3.05) is 0 Å². The van der Waals surface area contributed by atoms with E-state index in [4.69, 9.17) is 10.8 Å². The third-order valence-electron chi connectivity index (χ3n) is 5.37. The Kier molecular flexibility index (Phi) is 10.7. The monoisotopic (exact) mass is 455 g/mol. The van der Waals surface area contributed by atoms with Crippen LogP contribution in [0.25, 0.3) is 0 Å². The Labute approximate surface area is 158 Å². The summed E-state index contributed by atoms with van der Waals surface area (Å²) in [7, 11) is 0. The molecular formula is C21H37NO2Sn. The number of nitrogens with two attached hydrogens (primary N) is 1. The summed E-state index contributed by atoms with van der Waals surface area (Å²) < 4.78 is 6.01.